The lowest BCUT2D eigenvalue weighted by molar-refractivity contribution is -0.619. The van der Waals surface area contributed by atoms with Crippen molar-refractivity contribution in [3.8, 4) is 0 Å². The summed E-state index contributed by atoms with van der Waals surface area (Å²) in [6.07, 6.45) is 8.37. The van der Waals surface area contributed by atoms with E-state index in [-0.39, 0.29) is 33.8 Å². The molecule has 1 aliphatic carbocycles. The van der Waals surface area contributed by atoms with Gasteiger partial charge in [-0.15, -0.1) is 0 Å². The van der Waals surface area contributed by atoms with Crippen molar-refractivity contribution in [3.05, 3.63) is 64.2 Å². The van der Waals surface area contributed by atoms with Crippen molar-refractivity contribution in [1.29, 1.82) is 0 Å². The van der Waals surface area contributed by atoms with E-state index in [0.717, 1.165) is 0 Å². The second-order valence-corrected chi connectivity index (χ2v) is 6.63. The number of aldehydes is 1. The third-order valence-corrected chi connectivity index (χ3v) is 5.24. The molecule has 2 aromatic rings. The molecule has 24 heavy (non-hydrogen) atoms. The molecule has 7 nitrogen and oxygen atoms in total. The second kappa shape index (κ2) is 5.34. The number of nitrogens with two attached hydrogens (primary N) is 1. The smallest absolute Gasteiger partial charge is 0.353 e. The largest absolute Gasteiger partial charge is 0.710 e. The predicted octanol–water partition coefficient (Wildman–Crippen LogP) is 0.858. The zero-order valence-corrected chi connectivity index (χ0v) is 13.1. The minimum absolute atomic E-state index is 0.0294. The van der Waals surface area contributed by atoms with E-state index in [1.165, 1.54) is 30.0 Å². The number of nitrogen functional groups attached to an aromatic ring is 1. The zero-order chi connectivity index (χ0) is 16.8. The lowest BCUT2D eigenvalue weighted by atomic mass is 10.1. The number of thioether (sulfide) groups is 1. The lowest BCUT2D eigenvalue weighted by Crippen LogP contribution is -2.45. The standard InChI is InChI=1S/C16H12N4O3S/c17-15-14(16-18-10-3-1-2-4-13(10)24-16)19(22)12-7-9(8-21)5-6-11(12)20(15)23/h1-8,10,13H,17H2/t10-,13+/m0/s1. The van der Waals surface area contributed by atoms with E-state index in [9.17, 15) is 15.2 Å². The average molecular weight is 340 g/mol. The molecule has 2 N–H and O–H groups in total. The first kappa shape index (κ1) is 14.7. The van der Waals surface area contributed by atoms with Gasteiger partial charge >= 0.3 is 11.5 Å². The van der Waals surface area contributed by atoms with Gasteiger partial charge in [0.1, 0.15) is 6.29 Å². The number of rotatable bonds is 2. The minimum atomic E-state index is -0.200. The van der Waals surface area contributed by atoms with Crippen molar-refractivity contribution >= 4 is 39.9 Å². The Bertz CT molecular complexity index is 968. The number of aliphatic imine (C=N–C) groups is 1. The number of hydrogen-bond acceptors (Lipinski definition) is 6. The van der Waals surface area contributed by atoms with Gasteiger partial charge in [-0.05, 0) is 12.1 Å². The summed E-state index contributed by atoms with van der Waals surface area (Å²) in [6, 6.07) is 4.18. The summed E-state index contributed by atoms with van der Waals surface area (Å²) in [6.45, 7) is 0. The number of aromatic nitrogens is 2. The third kappa shape index (κ3) is 2.07. The number of hydrogen-bond donors (Lipinski definition) is 1. The van der Waals surface area contributed by atoms with Crippen LogP contribution in [0.2, 0.25) is 0 Å². The zero-order valence-electron chi connectivity index (χ0n) is 12.3. The van der Waals surface area contributed by atoms with Gasteiger partial charge in [-0.3, -0.25) is 15.5 Å². The molecule has 0 amide bonds. The van der Waals surface area contributed by atoms with Crippen LogP contribution in [0.4, 0.5) is 5.82 Å². The van der Waals surface area contributed by atoms with Gasteiger partial charge in [0.15, 0.2) is 5.04 Å². The van der Waals surface area contributed by atoms with Crippen LogP contribution in [0.5, 0.6) is 0 Å². The minimum Gasteiger partial charge on any atom is -0.710 e. The van der Waals surface area contributed by atoms with Gasteiger partial charge in [0.05, 0.1) is 11.3 Å². The molecule has 0 unspecified atom stereocenters. The maximum atomic E-state index is 12.8. The van der Waals surface area contributed by atoms with E-state index in [2.05, 4.69) is 4.99 Å². The van der Waals surface area contributed by atoms with E-state index in [1.807, 2.05) is 24.3 Å². The molecule has 1 aliphatic heterocycles. The summed E-state index contributed by atoms with van der Waals surface area (Å²) < 4.78 is 1.09. The van der Waals surface area contributed by atoms with Gasteiger partial charge in [0.2, 0.25) is 5.52 Å². The highest BCUT2D eigenvalue weighted by molar-refractivity contribution is 8.15. The van der Waals surface area contributed by atoms with Crippen LogP contribution in [0.1, 0.15) is 16.1 Å². The molecule has 0 saturated heterocycles. The van der Waals surface area contributed by atoms with Crippen LogP contribution < -0.4 is 15.2 Å². The SMILES string of the molecule is Nc1c(C2=N[C@H]3C=CC=C[C@H]3S2)[n+]([O-])c2cc(C=O)ccc2[n+]1[O-]. The van der Waals surface area contributed by atoms with Gasteiger partial charge in [-0.1, -0.05) is 36.1 Å². The van der Waals surface area contributed by atoms with Gasteiger partial charge in [0, 0.05) is 11.6 Å². The average Bonchev–Trinajstić information content (AvgIpc) is 3.03. The van der Waals surface area contributed by atoms with Crippen LogP contribution in [0.3, 0.4) is 0 Å². The van der Waals surface area contributed by atoms with Gasteiger partial charge in [0.25, 0.3) is 5.52 Å². The summed E-state index contributed by atoms with van der Waals surface area (Å²) in [5.41, 5.74) is 6.45. The van der Waals surface area contributed by atoms with Crippen LogP contribution in [0.15, 0.2) is 47.5 Å². The van der Waals surface area contributed by atoms with Crippen molar-refractivity contribution in [2.75, 3.05) is 5.73 Å². The van der Waals surface area contributed by atoms with E-state index in [0.29, 0.717) is 26.4 Å². The fraction of sp³-hybridized carbons (Fsp3) is 0.125. The first-order valence-electron chi connectivity index (χ1n) is 7.23. The van der Waals surface area contributed by atoms with Gasteiger partial charge in [-0.25, -0.2) is 4.73 Å². The van der Waals surface area contributed by atoms with Crippen molar-refractivity contribution < 1.29 is 14.3 Å². The number of carbonyl (C=O) groups is 1. The normalized spacial score (nSPS) is 21.8. The van der Waals surface area contributed by atoms with E-state index in [4.69, 9.17) is 5.73 Å². The molecule has 1 aromatic heterocycles. The summed E-state index contributed by atoms with van der Waals surface area (Å²) >= 11 is 1.39. The number of benzene rings is 1. The molecule has 2 atom stereocenters. The molecule has 4 rings (SSSR count). The molecule has 0 fully saturated rings. The van der Waals surface area contributed by atoms with Gasteiger partial charge in [-0.2, -0.15) is 4.73 Å². The fourth-order valence-corrected chi connectivity index (χ4v) is 4.01. The number of nitrogens with zero attached hydrogens (tertiary/aromatic N) is 3. The Balaban J connectivity index is 1.94. The molecular formula is C16H12N4O3S. The van der Waals surface area contributed by atoms with Crippen LogP contribution in [0.25, 0.3) is 11.0 Å². The summed E-state index contributed by atoms with van der Waals surface area (Å²) in [7, 11) is 0. The Morgan fingerprint density at radius 3 is 2.71 bits per heavy atom. The summed E-state index contributed by atoms with van der Waals surface area (Å²) in [5, 5.41) is 25.7. The van der Waals surface area contributed by atoms with Crippen molar-refractivity contribution in [2.24, 2.45) is 4.99 Å². The van der Waals surface area contributed by atoms with Crippen molar-refractivity contribution in [1.82, 2.24) is 0 Å². The van der Waals surface area contributed by atoms with Crippen LogP contribution >= 0.6 is 11.8 Å². The molecule has 0 radical (unpaired) electrons. The highest BCUT2D eigenvalue weighted by Crippen LogP contribution is 2.34. The maximum absolute atomic E-state index is 12.8. The van der Waals surface area contributed by atoms with Crippen LogP contribution in [0, 0.1) is 10.4 Å². The monoisotopic (exact) mass is 340 g/mol. The highest BCUT2D eigenvalue weighted by atomic mass is 32.2. The molecule has 0 saturated carbocycles. The van der Waals surface area contributed by atoms with E-state index < -0.39 is 0 Å². The van der Waals surface area contributed by atoms with Crippen molar-refractivity contribution in [2.45, 2.75) is 11.3 Å². The van der Waals surface area contributed by atoms with Crippen molar-refractivity contribution in [3.63, 3.8) is 0 Å². The van der Waals surface area contributed by atoms with Crippen LogP contribution in [-0.2, 0) is 0 Å². The number of carbonyl (C=O) groups excluding carboxylic acids is 1. The number of fused-ring (bicyclic) bond motifs is 2. The number of allylic oxidation sites excluding steroid dienone is 2. The van der Waals surface area contributed by atoms with Crippen LogP contribution in [-0.4, -0.2) is 22.6 Å². The highest BCUT2D eigenvalue weighted by Gasteiger charge is 2.37. The van der Waals surface area contributed by atoms with E-state index in [1.54, 1.807) is 0 Å². The number of anilines is 1. The summed E-state index contributed by atoms with van der Waals surface area (Å²) in [5.74, 6) is -0.200. The fourth-order valence-electron chi connectivity index (χ4n) is 2.81. The molecule has 8 heteroatoms. The summed E-state index contributed by atoms with van der Waals surface area (Å²) in [4.78, 5) is 15.5. The molecular weight excluding hydrogens is 328 g/mol. The van der Waals surface area contributed by atoms with E-state index >= 15 is 0 Å². The predicted molar refractivity (Wildman–Crippen MR) is 91.7 cm³/mol. The quantitative estimate of drug-likeness (QED) is 0.495. The Kier molecular flexibility index (Phi) is 3.27. The lowest BCUT2D eigenvalue weighted by Gasteiger charge is -2.13. The Hall–Kier alpha value is -2.87. The molecule has 2 heterocycles. The Morgan fingerprint density at radius 2 is 1.96 bits per heavy atom. The Labute approximate surface area is 141 Å². The first-order valence-corrected chi connectivity index (χ1v) is 8.11. The molecule has 120 valence electrons. The maximum Gasteiger partial charge on any atom is 0.353 e. The molecule has 1 aromatic carbocycles. The molecule has 2 aliphatic rings. The third-order valence-electron chi connectivity index (χ3n) is 4.01. The molecule has 0 spiro atoms. The molecule has 0 bridgehead atoms. The first-order chi connectivity index (χ1) is 11.6. The Morgan fingerprint density at radius 1 is 1.17 bits per heavy atom. The second-order valence-electron chi connectivity index (χ2n) is 5.47. The topological polar surface area (TPSA) is 109 Å². The van der Waals surface area contributed by atoms with Gasteiger partial charge < -0.3 is 10.4 Å².